The van der Waals surface area contributed by atoms with Gasteiger partial charge in [-0.2, -0.15) is 21.4 Å². The molecule has 56 heavy (non-hydrogen) atoms. The van der Waals surface area contributed by atoms with Gasteiger partial charge in [-0.05, 0) is 82.0 Å². The van der Waals surface area contributed by atoms with Gasteiger partial charge < -0.3 is 14.6 Å². The molecule has 4 aromatic carbocycles. The zero-order valence-corrected chi connectivity index (χ0v) is 33.0. The number of rotatable bonds is 11. The van der Waals surface area contributed by atoms with Crippen molar-refractivity contribution in [2.24, 2.45) is 5.41 Å². The number of aromatic nitrogens is 1. The number of ether oxygens (including phenoxy) is 1. The van der Waals surface area contributed by atoms with E-state index in [1.165, 1.54) is 12.1 Å². The molecule has 3 N–H and O–H groups in total. The lowest BCUT2D eigenvalue weighted by atomic mass is 9.71. The Kier molecular flexibility index (Phi) is 10.1. The van der Waals surface area contributed by atoms with Crippen LogP contribution in [-0.2, 0) is 41.1 Å². The Morgan fingerprint density at radius 2 is 1.50 bits per heavy atom. The van der Waals surface area contributed by atoms with Crippen LogP contribution in [0, 0.1) is 5.41 Å². The molecule has 5 aromatic rings. The Balaban J connectivity index is 1.41. The highest BCUT2D eigenvalue weighted by molar-refractivity contribution is 7.86. The molecule has 2 aliphatic rings. The van der Waals surface area contributed by atoms with E-state index in [-0.39, 0.29) is 29.2 Å². The molecule has 1 aliphatic carbocycles. The largest absolute Gasteiger partial charge is 0.465 e. The van der Waals surface area contributed by atoms with Gasteiger partial charge in [-0.15, -0.1) is 0 Å². The van der Waals surface area contributed by atoms with Gasteiger partial charge >= 0.3 is 5.97 Å². The summed E-state index contributed by atoms with van der Waals surface area (Å²) in [6.07, 6.45) is 9.56. The van der Waals surface area contributed by atoms with Crippen molar-refractivity contribution in [2.45, 2.75) is 56.9 Å². The van der Waals surface area contributed by atoms with E-state index in [0.29, 0.717) is 52.3 Å². The van der Waals surface area contributed by atoms with E-state index >= 15 is 0 Å². The fraction of sp³-hybridized carbons (Fsp3) is 0.262. The Labute approximate surface area is 324 Å². The molecular formula is C42H42N3O9S2+. The van der Waals surface area contributed by atoms with Gasteiger partial charge in [-0.25, -0.2) is 0 Å². The summed E-state index contributed by atoms with van der Waals surface area (Å²) >= 11 is 0. The molecule has 1 aromatic heterocycles. The summed E-state index contributed by atoms with van der Waals surface area (Å²) in [5.74, 6) is -1.10. The maximum Gasteiger partial charge on any atom is 0.322 e. The summed E-state index contributed by atoms with van der Waals surface area (Å²) < 4.78 is 78.7. The van der Waals surface area contributed by atoms with E-state index in [1.54, 1.807) is 50.2 Å². The van der Waals surface area contributed by atoms with Crippen molar-refractivity contribution in [3.8, 4) is 0 Å². The van der Waals surface area contributed by atoms with Crippen molar-refractivity contribution in [3.63, 3.8) is 0 Å². The van der Waals surface area contributed by atoms with Gasteiger partial charge in [0.05, 0.1) is 17.6 Å². The minimum absolute atomic E-state index is 0.0514. The first-order chi connectivity index (χ1) is 26.7. The highest BCUT2D eigenvalue weighted by atomic mass is 32.2. The number of aryl methyl sites for hydroxylation is 1. The second-order valence-electron chi connectivity index (χ2n) is 13.8. The molecule has 0 saturated carbocycles. The third-order valence-corrected chi connectivity index (χ3v) is 12.4. The zero-order chi connectivity index (χ0) is 40.2. The molecule has 12 nitrogen and oxygen atoms in total. The Morgan fingerprint density at radius 3 is 2.14 bits per heavy atom. The fourth-order valence-electron chi connectivity index (χ4n) is 8.32. The maximum atomic E-state index is 14.0. The van der Waals surface area contributed by atoms with Crippen molar-refractivity contribution in [2.75, 3.05) is 19.7 Å². The summed E-state index contributed by atoms with van der Waals surface area (Å²) in [5.41, 5.74) is 2.88. The van der Waals surface area contributed by atoms with Crippen LogP contribution in [0.2, 0.25) is 0 Å². The van der Waals surface area contributed by atoms with Crippen LogP contribution in [0.15, 0.2) is 106 Å². The monoisotopic (exact) mass is 796 g/mol. The first-order valence-corrected chi connectivity index (χ1v) is 21.3. The van der Waals surface area contributed by atoms with Crippen molar-refractivity contribution in [1.29, 1.82) is 0 Å². The lowest BCUT2D eigenvalue weighted by Gasteiger charge is -2.34. The van der Waals surface area contributed by atoms with E-state index in [2.05, 4.69) is 5.32 Å². The van der Waals surface area contributed by atoms with Crippen LogP contribution in [0.1, 0.15) is 46.1 Å². The molecule has 0 radical (unpaired) electrons. The molecule has 1 amide bonds. The summed E-state index contributed by atoms with van der Waals surface area (Å²) in [6.45, 7) is 8.90. The smallest absolute Gasteiger partial charge is 0.322 e. The molecule has 14 heteroatoms. The van der Waals surface area contributed by atoms with Crippen LogP contribution in [0.25, 0.3) is 38.5 Å². The van der Waals surface area contributed by atoms with Gasteiger partial charge in [-0.3, -0.25) is 18.7 Å². The second kappa shape index (κ2) is 14.6. The van der Waals surface area contributed by atoms with Crippen LogP contribution in [0.4, 0.5) is 5.69 Å². The molecule has 290 valence electrons. The SMILES string of the molecule is CCNC(=O)C1(C(=O)OCC)CC(=CC=c2c3cccc4c(S(=O)(=O)O)ccc(c43)n2CC)C=C(C=CC2=[N+](CC)c3ccc(S(=O)(=O)O)c4cccc2c34)C1. The third-order valence-electron chi connectivity index (χ3n) is 10.6. The van der Waals surface area contributed by atoms with Crippen molar-refractivity contribution >= 4 is 82.0 Å². The van der Waals surface area contributed by atoms with Crippen molar-refractivity contribution in [3.05, 3.63) is 107 Å². The fourth-order valence-corrected chi connectivity index (χ4v) is 9.70. The van der Waals surface area contributed by atoms with E-state index in [9.17, 15) is 35.5 Å². The minimum atomic E-state index is -4.49. The van der Waals surface area contributed by atoms with E-state index < -0.39 is 37.5 Å². The number of nitrogens with zero attached hydrogens (tertiary/aromatic N) is 2. The number of esters is 1. The van der Waals surface area contributed by atoms with Crippen LogP contribution in [0.3, 0.4) is 0 Å². The minimum Gasteiger partial charge on any atom is -0.465 e. The second-order valence-corrected chi connectivity index (χ2v) is 16.6. The van der Waals surface area contributed by atoms with E-state index in [1.807, 2.05) is 65.5 Å². The molecule has 0 bridgehead atoms. The molecule has 2 heterocycles. The predicted octanol–water partition coefficient (Wildman–Crippen LogP) is 6.02. The number of allylic oxidation sites excluding steroid dienone is 6. The summed E-state index contributed by atoms with van der Waals surface area (Å²) in [5, 5.41) is 6.58. The number of carbonyl (C=O) groups excluding carboxylic acids is 2. The van der Waals surface area contributed by atoms with Gasteiger partial charge in [0.1, 0.15) is 16.3 Å². The van der Waals surface area contributed by atoms with Gasteiger partial charge in [-0.1, -0.05) is 48.6 Å². The van der Waals surface area contributed by atoms with Crippen LogP contribution < -0.4 is 10.7 Å². The molecule has 1 unspecified atom stereocenters. The average molecular weight is 797 g/mol. The third kappa shape index (κ3) is 6.45. The predicted molar refractivity (Wildman–Crippen MR) is 215 cm³/mol. The number of hydrogen-bond acceptors (Lipinski definition) is 7. The Morgan fingerprint density at radius 1 is 0.839 bits per heavy atom. The van der Waals surface area contributed by atoms with Crippen LogP contribution >= 0.6 is 0 Å². The highest BCUT2D eigenvalue weighted by Crippen LogP contribution is 2.42. The van der Waals surface area contributed by atoms with Gasteiger partial charge in [0.15, 0.2) is 5.41 Å². The standard InChI is InChI=1S/C42H41N3O9S2/c1-5-43-40(46)42(41(47)54-8-4)24-26(15-17-32-28-11-9-13-30-36(55(48,49)50)21-19-34(38(28)30)44(32)6-2)23-27(25-42)16-18-33-29-12-10-14-31-37(56(51,52)53)22-20-35(39(29)31)45(33)7-3/h9-23H,5-8,24-25H2,1-4H3,(H2-,43,46,48,49,50,51,52,53)/p+1. The number of benzene rings is 4. The number of carbonyl (C=O) groups is 2. The molecule has 0 spiro atoms. The Hall–Kier alpha value is -5.41. The van der Waals surface area contributed by atoms with E-state index in [0.717, 1.165) is 33.2 Å². The zero-order valence-electron chi connectivity index (χ0n) is 31.4. The molecular weight excluding hydrogens is 755 g/mol. The van der Waals surface area contributed by atoms with Crippen LogP contribution in [0.5, 0.6) is 0 Å². The number of amides is 1. The lowest BCUT2D eigenvalue weighted by Crippen LogP contribution is -2.49. The molecule has 0 saturated heterocycles. The first-order valence-electron chi connectivity index (χ1n) is 18.4. The molecule has 7 rings (SSSR count). The van der Waals surface area contributed by atoms with Gasteiger partial charge in [0.2, 0.25) is 17.3 Å². The van der Waals surface area contributed by atoms with Crippen molar-refractivity contribution < 1.29 is 44.8 Å². The normalized spacial score (nSPS) is 18.6. The number of hydrogen-bond donors (Lipinski definition) is 3. The quantitative estimate of drug-likeness (QED) is 0.0626. The number of nitrogens with one attached hydrogen (secondary N) is 1. The van der Waals surface area contributed by atoms with Crippen molar-refractivity contribution in [1.82, 2.24) is 9.88 Å². The first kappa shape index (κ1) is 38.8. The Bertz CT molecular complexity index is 2880. The van der Waals surface area contributed by atoms with Gasteiger partial charge in [0.25, 0.3) is 20.2 Å². The van der Waals surface area contributed by atoms with Gasteiger partial charge in [0, 0.05) is 57.6 Å². The summed E-state index contributed by atoms with van der Waals surface area (Å²) in [4.78, 5) is 27.5. The molecule has 1 atom stereocenters. The maximum absolute atomic E-state index is 14.0. The summed E-state index contributed by atoms with van der Waals surface area (Å²) in [6, 6.07) is 16.7. The lowest BCUT2D eigenvalue weighted by molar-refractivity contribution is -0.430. The topological polar surface area (TPSA) is 172 Å². The highest BCUT2D eigenvalue weighted by Gasteiger charge is 2.49. The molecule has 1 aliphatic heterocycles. The molecule has 0 fully saturated rings. The average Bonchev–Trinajstić information content (AvgIpc) is 3.65. The van der Waals surface area contributed by atoms with Crippen LogP contribution in [-0.4, -0.2) is 72.4 Å². The van der Waals surface area contributed by atoms with E-state index in [4.69, 9.17) is 4.74 Å². The summed E-state index contributed by atoms with van der Waals surface area (Å²) in [7, 11) is -8.97.